The Hall–Kier alpha value is -3.25. The van der Waals surface area contributed by atoms with Crippen LogP contribution in [0, 0.1) is 0 Å². The molecule has 0 saturated carbocycles. The second-order valence-electron chi connectivity index (χ2n) is 7.67. The summed E-state index contributed by atoms with van der Waals surface area (Å²) in [5, 5.41) is 16.0. The smallest absolute Gasteiger partial charge is 0.214 e. The van der Waals surface area contributed by atoms with Gasteiger partial charge in [0.2, 0.25) is 5.79 Å². The van der Waals surface area contributed by atoms with Crippen molar-refractivity contribution in [2.24, 2.45) is 0 Å². The van der Waals surface area contributed by atoms with Crippen LogP contribution in [0.15, 0.2) is 109 Å². The number of hydrogen-bond acceptors (Lipinski definition) is 4. The summed E-state index contributed by atoms with van der Waals surface area (Å²) in [6.07, 6.45) is 2.44. The Labute approximate surface area is 188 Å². The minimum atomic E-state index is -1.47. The van der Waals surface area contributed by atoms with Crippen LogP contribution in [0.1, 0.15) is 16.7 Å². The van der Waals surface area contributed by atoms with Gasteiger partial charge >= 0.3 is 0 Å². The van der Waals surface area contributed by atoms with Crippen LogP contribution in [0.4, 0.5) is 0 Å². The van der Waals surface area contributed by atoms with Crippen molar-refractivity contribution in [1.29, 1.82) is 0 Å². The van der Waals surface area contributed by atoms with E-state index in [1.165, 1.54) is 0 Å². The first-order valence-corrected chi connectivity index (χ1v) is 10.6. The number of benzene rings is 3. The van der Waals surface area contributed by atoms with E-state index in [9.17, 15) is 5.11 Å². The Kier molecular flexibility index (Phi) is 6.51. The average Bonchev–Trinajstić information content (AvgIpc) is 3.37. The summed E-state index contributed by atoms with van der Waals surface area (Å²) < 4.78 is 14.1. The molecule has 0 bridgehead atoms. The van der Waals surface area contributed by atoms with Crippen LogP contribution in [0.2, 0.25) is 0 Å². The van der Waals surface area contributed by atoms with Crippen LogP contribution in [-0.2, 0) is 21.4 Å². The molecule has 32 heavy (non-hydrogen) atoms. The normalized spacial score (nSPS) is 13.1. The van der Waals surface area contributed by atoms with Crippen LogP contribution < -0.4 is 0 Å². The molecule has 0 fully saturated rings. The lowest BCUT2D eigenvalue weighted by molar-refractivity contribution is -0.286. The molecule has 5 nitrogen and oxygen atoms in total. The lowest BCUT2D eigenvalue weighted by Gasteiger charge is -2.51. The van der Waals surface area contributed by atoms with E-state index < -0.39 is 17.3 Å². The van der Waals surface area contributed by atoms with E-state index in [0.29, 0.717) is 0 Å². The summed E-state index contributed by atoms with van der Waals surface area (Å²) in [7, 11) is 3.17. The Morgan fingerprint density at radius 3 is 1.53 bits per heavy atom. The van der Waals surface area contributed by atoms with Gasteiger partial charge < -0.3 is 14.6 Å². The molecule has 0 aliphatic rings. The maximum atomic E-state index is 11.7. The fraction of sp³-hybridized carbons (Fsp3) is 0.222. The Morgan fingerprint density at radius 1 is 0.750 bits per heavy atom. The SMILES string of the molecule is COC(OC)(C(O)Cn1cccn1)C(c1ccccc1)(c1ccccc1)c1ccccc1. The van der Waals surface area contributed by atoms with E-state index in [1.54, 1.807) is 25.1 Å². The van der Waals surface area contributed by atoms with Gasteiger partial charge in [0.25, 0.3) is 0 Å². The minimum Gasteiger partial charge on any atom is -0.385 e. The second-order valence-corrected chi connectivity index (χ2v) is 7.67. The molecule has 1 aromatic heterocycles. The van der Waals surface area contributed by atoms with E-state index in [-0.39, 0.29) is 6.54 Å². The number of hydrogen-bond donors (Lipinski definition) is 1. The number of aliphatic hydroxyl groups excluding tert-OH is 1. The highest BCUT2D eigenvalue weighted by atomic mass is 16.7. The fourth-order valence-electron chi connectivity index (χ4n) is 4.79. The van der Waals surface area contributed by atoms with Crippen LogP contribution >= 0.6 is 0 Å². The fourth-order valence-corrected chi connectivity index (χ4v) is 4.79. The first-order chi connectivity index (χ1) is 15.7. The van der Waals surface area contributed by atoms with Crippen LogP contribution in [-0.4, -0.2) is 41.0 Å². The lowest BCUT2D eigenvalue weighted by atomic mass is 9.62. The van der Waals surface area contributed by atoms with E-state index in [0.717, 1.165) is 16.7 Å². The molecule has 4 aromatic rings. The van der Waals surface area contributed by atoms with E-state index in [1.807, 2.05) is 103 Å². The van der Waals surface area contributed by atoms with E-state index in [2.05, 4.69) is 5.10 Å². The zero-order chi connectivity index (χ0) is 22.4. The first-order valence-electron chi connectivity index (χ1n) is 10.6. The largest absolute Gasteiger partial charge is 0.385 e. The zero-order valence-electron chi connectivity index (χ0n) is 18.3. The molecular formula is C27H28N2O3. The van der Waals surface area contributed by atoms with Gasteiger partial charge in [0, 0.05) is 26.6 Å². The third kappa shape index (κ3) is 3.54. The van der Waals surface area contributed by atoms with Gasteiger partial charge in [0.05, 0.1) is 6.54 Å². The monoisotopic (exact) mass is 428 g/mol. The van der Waals surface area contributed by atoms with Gasteiger partial charge in [-0.3, -0.25) is 4.68 Å². The topological polar surface area (TPSA) is 56.5 Å². The molecule has 0 radical (unpaired) electrons. The number of methoxy groups -OCH3 is 2. The van der Waals surface area contributed by atoms with Crippen molar-refractivity contribution in [2.75, 3.05) is 14.2 Å². The summed E-state index contributed by atoms with van der Waals surface area (Å²) in [4.78, 5) is 0. The van der Waals surface area contributed by atoms with Gasteiger partial charge in [-0.1, -0.05) is 91.0 Å². The summed E-state index contributed by atoms with van der Waals surface area (Å²) in [6.45, 7) is 0.197. The van der Waals surface area contributed by atoms with Crippen molar-refractivity contribution in [1.82, 2.24) is 9.78 Å². The van der Waals surface area contributed by atoms with Crippen molar-refractivity contribution >= 4 is 0 Å². The first kappa shape index (κ1) is 22.0. The Balaban J connectivity index is 2.07. The zero-order valence-corrected chi connectivity index (χ0v) is 18.3. The van der Waals surface area contributed by atoms with Gasteiger partial charge in [-0.15, -0.1) is 0 Å². The number of aliphatic hydroxyl groups is 1. The Bertz CT molecular complexity index is 983. The molecule has 0 amide bonds. The van der Waals surface area contributed by atoms with Crippen LogP contribution in [0.25, 0.3) is 0 Å². The van der Waals surface area contributed by atoms with Crippen molar-refractivity contribution in [3.05, 3.63) is 126 Å². The molecule has 164 valence electrons. The molecule has 3 aromatic carbocycles. The summed E-state index contributed by atoms with van der Waals surface area (Å²) in [5.41, 5.74) is 1.86. The van der Waals surface area contributed by atoms with Crippen LogP contribution in [0.3, 0.4) is 0 Å². The van der Waals surface area contributed by atoms with Crippen molar-refractivity contribution < 1.29 is 14.6 Å². The quantitative estimate of drug-likeness (QED) is 0.320. The highest BCUT2D eigenvalue weighted by Crippen LogP contribution is 2.51. The molecule has 0 aliphatic carbocycles. The second kappa shape index (κ2) is 9.49. The standard InChI is InChI=1S/C27H28N2O3/c1-31-27(32-2,25(30)21-29-20-12-19-28-29)26(22-13-6-3-7-14-22,23-15-8-4-9-16-23)24-17-10-5-11-18-24/h3-20,25,30H,21H2,1-2H3. The van der Waals surface area contributed by atoms with Crippen molar-refractivity contribution in [3.8, 4) is 0 Å². The highest BCUT2D eigenvalue weighted by Gasteiger charge is 2.60. The Morgan fingerprint density at radius 2 is 1.19 bits per heavy atom. The van der Waals surface area contributed by atoms with Crippen molar-refractivity contribution in [3.63, 3.8) is 0 Å². The van der Waals surface area contributed by atoms with Crippen LogP contribution in [0.5, 0.6) is 0 Å². The molecule has 5 heteroatoms. The summed E-state index contributed by atoms with van der Waals surface area (Å²) >= 11 is 0. The molecule has 0 aliphatic heterocycles. The minimum absolute atomic E-state index is 0.197. The average molecular weight is 429 g/mol. The van der Waals surface area contributed by atoms with Gasteiger partial charge in [-0.2, -0.15) is 5.10 Å². The molecule has 0 saturated heterocycles. The van der Waals surface area contributed by atoms with E-state index >= 15 is 0 Å². The number of rotatable bonds is 9. The number of nitrogens with zero attached hydrogens (tertiary/aromatic N) is 2. The summed E-state index contributed by atoms with van der Waals surface area (Å²) in [6, 6.07) is 32.0. The van der Waals surface area contributed by atoms with Gasteiger partial charge in [0.1, 0.15) is 11.5 Å². The van der Waals surface area contributed by atoms with Gasteiger partial charge in [-0.25, -0.2) is 0 Å². The highest BCUT2D eigenvalue weighted by molar-refractivity contribution is 5.54. The third-order valence-electron chi connectivity index (χ3n) is 6.11. The predicted molar refractivity (Wildman–Crippen MR) is 124 cm³/mol. The van der Waals surface area contributed by atoms with Crippen molar-refractivity contribution in [2.45, 2.75) is 23.9 Å². The molecule has 1 unspecified atom stereocenters. The molecule has 4 rings (SSSR count). The third-order valence-corrected chi connectivity index (χ3v) is 6.11. The van der Waals surface area contributed by atoms with Gasteiger partial charge in [-0.05, 0) is 22.8 Å². The number of ether oxygens (including phenoxy) is 2. The number of aromatic nitrogens is 2. The molecular weight excluding hydrogens is 400 g/mol. The lowest BCUT2D eigenvalue weighted by Crippen LogP contribution is -2.63. The molecule has 0 spiro atoms. The van der Waals surface area contributed by atoms with Gasteiger partial charge in [0.15, 0.2) is 0 Å². The predicted octanol–water partition coefficient (Wildman–Crippen LogP) is 4.27. The molecule has 1 N–H and O–H groups in total. The maximum Gasteiger partial charge on any atom is 0.214 e. The molecule has 1 heterocycles. The van der Waals surface area contributed by atoms with E-state index in [4.69, 9.17) is 9.47 Å². The molecule has 1 atom stereocenters. The summed E-state index contributed by atoms with van der Waals surface area (Å²) in [5.74, 6) is -1.47. The maximum absolute atomic E-state index is 11.7.